The zero-order valence-electron chi connectivity index (χ0n) is 11.6. The third kappa shape index (κ3) is 4.76. The van der Waals surface area contributed by atoms with Crippen LogP contribution in [0, 0.1) is 0 Å². The van der Waals surface area contributed by atoms with E-state index in [4.69, 9.17) is 11.6 Å². The van der Waals surface area contributed by atoms with E-state index in [1.54, 1.807) is 24.3 Å². The van der Waals surface area contributed by atoms with E-state index in [2.05, 4.69) is 5.32 Å². The van der Waals surface area contributed by atoms with E-state index in [1.165, 1.54) is 38.5 Å². The largest absolute Gasteiger partial charge is 0.313 e. The van der Waals surface area contributed by atoms with Crippen molar-refractivity contribution in [3.63, 3.8) is 0 Å². The predicted molar refractivity (Wildman–Crippen MR) is 83.0 cm³/mol. The average Bonchev–Trinajstić information content (AvgIpc) is 2.68. The van der Waals surface area contributed by atoms with E-state index in [0.717, 1.165) is 0 Å². The van der Waals surface area contributed by atoms with Crippen molar-refractivity contribution in [2.75, 3.05) is 12.3 Å². The quantitative estimate of drug-likeness (QED) is 0.847. The van der Waals surface area contributed by atoms with Gasteiger partial charge < -0.3 is 5.32 Å². The van der Waals surface area contributed by atoms with Crippen molar-refractivity contribution in [2.24, 2.45) is 0 Å². The predicted octanol–water partition coefficient (Wildman–Crippen LogP) is 3.43. The summed E-state index contributed by atoms with van der Waals surface area (Å²) in [6, 6.07) is 6.87. The van der Waals surface area contributed by atoms with E-state index < -0.39 is 9.84 Å². The van der Waals surface area contributed by atoms with E-state index >= 15 is 0 Å². The first kappa shape index (κ1) is 15.8. The molecule has 0 bridgehead atoms. The summed E-state index contributed by atoms with van der Waals surface area (Å²) in [6.07, 6.45) is 7.45. The summed E-state index contributed by atoms with van der Waals surface area (Å²) in [6.45, 7) is 0.523. The van der Waals surface area contributed by atoms with Gasteiger partial charge in [0.25, 0.3) is 0 Å². The van der Waals surface area contributed by atoms with Crippen molar-refractivity contribution in [2.45, 2.75) is 49.5 Å². The topological polar surface area (TPSA) is 46.2 Å². The molecule has 0 unspecified atom stereocenters. The van der Waals surface area contributed by atoms with Gasteiger partial charge in [0.05, 0.1) is 10.6 Å². The molecule has 1 fully saturated rings. The number of nitrogens with one attached hydrogen (secondary N) is 1. The molecule has 0 atom stereocenters. The summed E-state index contributed by atoms with van der Waals surface area (Å²) in [5.41, 5.74) is 0. The van der Waals surface area contributed by atoms with E-state index in [1.807, 2.05) is 0 Å². The molecule has 20 heavy (non-hydrogen) atoms. The molecule has 3 nitrogen and oxygen atoms in total. The highest BCUT2D eigenvalue weighted by molar-refractivity contribution is 7.91. The first-order chi connectivity index (χ1) is 9.58. The Morgan fingerprint density at radius 3 is 2.25 bits per heavy atom. The summed E-state index contributed by atoms with van der Waals surface area (Å²) in [5.74, 6) is 0.144. The Morgan fingerprint density at radius 1 is 1.05 bits per heavy atom. The highest BCUT2D eigenvalue weighted by atomic mass is 35.5. The molecule has 0 aromatic heterocycles. The number of hydrogen-bond donors (Lipinski definition) is 1. The molecule has 0 saturated heterocycles. The fourth-order valence-corrected chi connectivity index (χ4v) is 3.94. The molecule has 112 valence electrons. The van der Waals surface area contributed by atoms with Crippen LogP contribution in [0.25, 0.3) is 0 Å². The second kappa shape index (κ2) is 7.43. The van der Waals surface area contributed by atoms with Crippen LogP contribution in [-0.4, -0.2) is 26.8 Å². The van der Waals surface area contributed by atoms with Gasteiger partial charge in [-0.1, -0.05) is 37.3 Å². The number of benzene rings is 1. The first-order valence-electron chi connectivity index (χ1n) is 7.30. The Morgan fingerprint density at radius 2 is 1.65 bits per heavy atom. The maximum Gasteiger partial charge on any atom is 0.179 e. The van der Waals surface area contributed by atoms with Gasteiger partial charge in [-0.3, -0.25) is 0 Å². The first-order valence-corrected chi connectivity index (χ1v) is 9.33. The van der Waals surface area contributed by atoms with Crippen molar-refractivity contribution in [1.82, 2.24) is 5.32 Å². The number of sulfone groups is 1. The summed E-state index contributed by atoms with van der Waals surface area (Å²) in [7, 11) is -3.21. The van der Waals surface area contributed by atoms with Gasteiger partial charge in [0, 0.05) is 17.6 Å². The van der Waals surface area contributed by atoms with Crippen LogP contribution in [0.2, 0.25) is 5.02 Å². The zero-order valence-corrected chi connectivity index (χ0v) is 13.2. The number of rotatable bonds is 5. The van der Waals surface area contributed by atoms with Crippen LogP contribution in [0.15, 0.2) is 29.2 Å². The van der Waals surface area contributed by atoms with E-state index in [9.17, 15) is 8.42 Å². The van der Waals surface area contributed by atoms with Gasteiger partial charge in [-0.05, 0) is 37.1 Å². The molecule has 0 aliphatic heterocycles. The summed E-state index contributed by atoms with van der Waals surface area (Å²) in [5, 5.41) is 3.95. The monoisotopic (exact) mass is 315 g/mol. The van der Waals surface area contributed by atoms with Crippen LogP contribution in [0.1, 0.15) is 38.5 Å². The molecular weight excluding hydrogens is 294 g/mol. The number of hydrogen-bond acceptors (Lipinski definition) is 3. The van der Waals surface area contributed by atoms with Crippen LogP contribution in [-0.2, 0) is 9.84 Å². The molecule has 0 heterocycles. The van der Waals surface area contributed by atoms with Gasteiger partial charge in [-0.2, -0.15) is 0 Å². The SMILES string of the molecule is O=S(=O)(CCNC1CCCCCC1)c1ccc(Cl)cc1. The van der Waals surface area contributed by atoms with Crippen LogP contribution in [0.5, 0.6) is 0 Å². The molecule has 1 saturated carbocycles. The lowest BCUT2D eigenvalue weighted by molar-refractivity contribution is 0.471. The van der Waals surface area contributed by atoms with Gasteiger partial charge in [0.1, 0.15) is 0 Å². The van der Waals surface area contributed by atoms with Gasteiger partial charge in [0.2, 0.25) is 0 Å². The second-order valence-corrected chi connectivity index (χ2v) is 7.96. The minimum atomic E-state index is -3.21. The lowest BCUT2D eigenvalue weighted by Gasteiger charge is -2.16. The van der Waals surface area contributed by atoms with Crippen molar-refractivity contribution >= 4 is 21.4 Å². The number of halogens is 1. The Bertz CT molecular complexity index is 505. The lowest BCUT2D eigenvalue weighted by atomic mass is 10.1. The Hall–Kier alpha value is -0.580. The minimum Gasteiger partial charge on any atom is -0.313 e. The highest BCUT2D eigenvalue weighted by Crippen LogP contribution is 2.18. The van der Waals surface area contributed by atoms with E-state index in [0.29, 0.717) is 22.5 Å². The highest BCUT2D eigenvalue weighted by Gasteiger charge is 2.16. The van der Waals surface area contributed by atoms with Crippen LogP contribution in [0.3, 0.4) is 0 Å². The molecule has 5 heteroatoms. The average molecular weight is 316 g/mol. The van der Waals surface area contributed by atoms with Crippen LogP contribution in [0.4, 0.5) is 0 Å². The van der Waals surface area contributed by atoms with Crippen molar-refractivity contribution < 1.29 is 8.42 Å². The molecule has 2 rings (SSSR count). The molecule has 0 spiro atoms. The van der Waals surface area contributed by atoms with Gasteiger partial charge in [0.15, 0.2) is 9.84 Å². The Balaban J connectivity index is 1.84. The van der Waals surface area contributed by atoms with E-state index in [-0.39, 0.29) is 5.75 Å². The maximum absolute atomic E-state index is 12.2. The van der Waals surface area contributed by atoms with Crippen molar-refractivity contribution in [3.8, 4) is 0 Å². The second-order valence-electron chi connectivity index (χ2n) is 5.42. The van der Waals surface area contributed by atoms with Crippen LogP contribution >= 0.6 is 11.6 Å². The molecule has 0 radical (unpaired) electrons. The summed E-state index contributed by atoms with van der Waals surface area (Å²) >= 11 is 5.78. The standard InChI is InChI=1S/C15H22ClNO2S/c16-13-7-9-15(10-8-13)20(18,19)12-11-17-14-5-3-1-2-4-6-14/h7-10,14,17H,1-6,11-12H2. The Labute approximate surface area is 126 Å². The maximum atomic E-state index is 12.2. The Kier molecular flexibility index (Phi) is 5.87. The third-order valence-corrected chi connectivity index (χ3v) is 5.82. The van der Waals surface area contributed by atoms with Gasteiger partial charge >= 0.3 is 0 Å². The molecule has 0 amide bonds. The van der Waals surface area contributed by atoms with Crippen molar-refractivity contribution in [1.29, 1.82) is 0 Å². The molecule has 1 aliphatic carbocycles. The minimum absolute atomic E-state index is 0.144. The fraction of sp³-hybridized carbons (Fsp3) is 0.600. The molecular formula is C15H22ClNO2S. The summed E-state index contributed by atoms with van der Waals surface area (Å²) < 4.78 is 24.3. The third-order valence-electron chi connectivity index (χ3n) is 3.83. The van der Waals surface area contributed by atoms with Gasteiger partial charge in [-0.25, -0.2) is 8.42 Å². The van der Waals surface area contributed by atoms with Crippen LogP contribution < -0.4 is 5.32 Å². The lowest BCUT2D eigenvalue weighted by Crippen LogP contribution is -2.32. The van der Waals surface area contributed by atoms with Gasteiger partial charge in [-0.15, -0.1) is 0 Å². The molecule has 1 aromatic carbocycles. The molecule has 1 aromatic rings. The van der Waals surface area contributed by atoms with Crippen molar-refractivity contribution in [3.05, 3.63) is 29.3 Å². The smallest absolute Gasteiger partial charge is 0.179 e. The molecule has 1 aliphatic rings. The summed E-state index contributed by atoms with van der Waals surface area (Å²) in [4.78, 5) is 0.351. The normalized spacial score (nSPS) is 17.9. The fourth-order valence-electron chi connectivity index (χ4n) is 2.64. The zero-order chi connectivity index (χ0) is 14.4. The molecule has 1 N–H and O–H groups in total.